The lowest BCUT2D eigenvalue weighted by Crippen LogP contribution is -2.25. The van der Waals surface area contributed by atoms with Crippen molar-refractivity contribution in [2.24, 2.45) is 10.5 Å². The van der Waals surface area contributed by atoms with Crippen LogP contribution in [0.4, 0.5) is 0 Å². The molecular weight excluding hydrogens is 236 g/mol. The molecule has 0 saturated heterocycles. The smallest absolute Gasteiger partial charge is 0.236 e. The second-order valence-corrected chi connectivity index (χ2v) is 5.43. The van der Waals surface area contributed by atoms with Gasteiger partial charge in [0.15, 0.2) is 0 Å². The fourth-order valence-corrected chi connectivity index (χ4v) is 2.40. The van der Waals surface area contributed by atoms with Crippen molar-refractivity contribution < 1.29 is 4.79 Å². The Balaban J connectivity index is 2.45. The van der Waals surface area contributed by atoms with Crippen molar-refractivity contribution in [2.45, 2.75) is 27.2 Å². The predicted molar refractivity (Wildman–Crippen MR) is 69.3 cm³/mol. The highest BCUT2D eigenvalue weighted by Crippen LogP contribution is 2.37. The molecule has 0 heterocycles. The highest BCUT2D eigenvalue weighted by Gasteiger charge is 2.35. The summed E-state index contributed by atoms with van der Waals surface area (Å²) in [5, 5.41) is 4.96. The molecule has 1 aliphatic carbocycles. The number of hydrogen-bond acceptors (Lipinski definition) is 2. The molecule has 0 bridgehead atoms. The number of amides is 1. The summed E-state index contributed by atoms with van der Waals surface area (Å²) in [5.41, 5.74) is 5.62. The Kier molecular flexibility index (Phi) is 2.96. The normalized spacial score (nSPS) is 19.2. The third-order valence-electron chi connectivity index (χ3n) is 2.92. The number of nitrogens with one attached hydrogen (secondary N) is 1. The van der Waals surface area contributed by atoms with Crippen molar-refractivity contribution in [2.75, 3.05) is 0 Å². The van der Waals surface area contributed by atoms with Crippen LogP contribution in [0.5, 0.6) is 0 Å². The first-order valence-corrected chi connectivity index (χ1v) is 5.91. The van der Waals surface area contributed by atoms with E-state index in [0.29, 0.717) is 0 Å². The maximum absolute atomic E-state index is 10.9. The molecule has 1 aliphatic rings. The van der Waals surface area contributed by atoms with Crippen LogP contribution in [0.1, 0.15) is 31.9 Å². The summed E-state index contributed by atoms with van der Waals surface area (Å²) >= 11 is 5.98. The van der Waals surface area contributed by atoms with E-state index in [-0.39, 0.29) is 11.3 Å². The average Bonchev–Trinajstić information content (AvgIpc) is 2.44. The van der Waals surface area contributed by atoms with E-state index in [1.807, 2.05) is 18.2 Å². The average molecular weight is 251 g/mol. The van der Waals surface area contributed by atoms with Crippen LogP contribution in [0.2, 0.25) is 5.02 Å². The van der Waals surface area contributed by atoms with Gasteiger partial charge in [0.2, 0.25) is 5.91 Å². The van der Waals surface area contributed by atoms with E-state index in [9.17, 15) is 4.79 Å². The Morgan fingerprint density at radius 2 is 2.18 bits per heavy atom. The van der Waals surface area contributed by atoms with Crippen LogP contribution in [-0.2, 0) is 11.2 Å². The van der Waals surface area contributed by atoms with Crippen LogP contribution < -0.4 is 5.43 Å². The van der Waals surface area contributed by atoms with Crippen molar-refractivity contribution >= 4 is 23.2 Å². The van der Waals surface area contributed by atoms with Crippen molar-refractivity contribution in [3.63, 3.8) is 0 Å². The Morgan fingerprint density at radius 3 is 2.82 bits per heavy atom. The molecule has 0 saturated carbocycles. The van der Waals surface area contributed by atoms with E-state index in [4.69, 9.17) is 11.6 Å². The second-order valence-electron chi connectivity index (χ2n) is 4.99. The molecule has 1 N–H and O–H groups in total. The van der Waals surface area contributed by atoms with E-state index >= 15 is 0 Å². The lowest BCUT2D eigenvalue weighted by atomic mass is 9.88. The van der Waals surface area contributed by atoms with Crippen LogP contribution in [-0.4, -0.2) is 11.6 Å². The largest absolute Gasteiger partial charge is 0.274 e. The summed E-state index contributed by atoms with van der Waals surface area (Å²) in [7, 11) is 0. The van der Waals surface area contributed by atoms with Gasteiger partial charge in [-0.1, -0.05) is 31.5 Å². The molecule has 3 nitrogen and oxygen atoms in total. The molecule has 4 heteroatoms. The van der Waals surface area contributed by atoms with Gasteiger partial charge in [0.25, 0.3) is 0 Å². The van der Waals surface area contributed by atoms with Crippen LogP contribution in [0.25, 0.3) is 0 Å². The van der Waals surface area contributed by atoms with Crippen LogP contribution in [0, 0.1) is 5.41 Å². The number of carbonyl (C=O) groups excluding carboxylic acids is 1. The molecule has 90 valence electrons. The van der Waals surface area contributed by atoms with Crippen molar-refractivity contribution in [3.05, 3.63) is 34.3 Å². The Bertz CT molecular complexity index is 506. The fourth-order valence-electron chi connectivity index (χ4n) is 2.21. The van der Waals surface area contributed by atoms with Gasteiger partial charge >= 0.3 is 0 Å². The number of halogens is 1. The van der Waals surface area contributed by atoms with E-state index in [0.717, 1.165) is 22.7 Å². The maximum Gasteiger partial charge on any atom is 0.236 e. The fraction of sp³-hybridized carbons (Fsp3) is 0.385. The highest BCUT2D eigenvalue weighted by atomic mass is 35.5. The number of benzene rings is 1. The van der Waals surface area contributed by atoms with E-state index in [1.165, 1.54) is 12.5 Å². The molecule has 17 heavy (non-hydrogen) atoms. The zero-order valence-corrected chi connectivity index (χ0v) is 10.9. The van der Waals surface area contributed by atoms with Gasteiger partial charge in [0.1, 0.15) is 0 Å². The van der Waals surface area contributed by atoms with Crippen molar-refractivity contribution in [3.8, 4) is 0 Å². The van der Waals surface area contributed by atoms with Crippen molar-refractivity contribution in [1.82, 2.24) is 5.43 Å². The number of fused-ring (bicyclic) bond motifs is 1. The Hall–Kier alpha value is -1.35. The number of rotatable bonds is 1. The van der Waals surface area contributed by atoms with Crippen LogP contribution in [0.3, 0.4) is 0 Å². The number of nitrogens with zero attached hydrogens (tertiary/aromatic N) is 1. The number of carbonyl (C=O) groups is 1. The minimum absolute atomic E-state index is 0.0739. The third-order valence-corrected chi connectivity index (χ3v) is 3.16. The zero-order chi connectivity index (χ0) is 12.6. The first-order chi connectivity index (χ1) is 7.90. The molecule has 1 aromatic rings. The molecule has 0 atom stereocenters. The minimum Gasteiger partial charge on any atom is -0.274 e. The molecule has 0 radical (unpaired) electrons. The summed E-state index contributed by atoms with van der Waals surface area (Å²) in [6, 6.07) is 5.78. The number of hydrogen-bond donors (Lipinski definition) is 1. The molecule has 0 spiro atoms. The molecule has 1 amide bonds. The van der Waals surface area contributed by atoms with E-state index in [1.54, 1.807) is 0 Å². The Morgan fingerprint density at radius 1 is 1.47 bits per heavy atom. The minimum atomic E-state index is -0.157. The third kappa shape index (κ3) is 2.34. The Labute approximate surface area is 106 Å². The highest BCUT2D eigenvalue weighted by molar-refractivity contribution is 6.31. The SMILES string of the molecule is CC(=O)N/N=C1/c2ccc(Cl)cc2CC1(C)C. The van der Waals surface area contributed by atoms with Gasteiger partial charge in [-0.05, 0) is 24.1 Å². The molecular formula is C13H15ClN2O. The van der Waals surface area contributed by atoms with Gasteiger partial charge in [-0.15, -0.1) is 0 Å². The van der Waals surface area contributed by atoms with Crippen molar-refractivity contribution in [1.29, 1.82) is 0 Å². The van der Waals surface area contributed by atoms with Gasteiger partial charge in [-0.25, -0.2) is 5.43 Å². The second kappa shape index (κ2) is 4.15. The monoisotopic (exact) mass is 250 g/mol. The molecule has 1 aromatic carbocycles. The lowest BCUT2D eigenvalue weighted by Gasteiger charge is -2.18. The van der Waals surface area contributed by atoms with Gasteiger partial charge in [-0.3, -0.25) is 4.79 Å². The molecule has 0 fully saturated rings. The first-order valence-electron chi connectivity index (χ1n) is 5.54. The van der Waals surface area contributed by atoms with E-state index < -0.39 is 0 Å². The van der Waals surface area contributed by atoms with Gasteiger partial charge in [-0.2, -0.15) is 5.10 Å². The maximum atomic E-state index is 10.9. The summed E-state index contributed by atoms with van der Waals surface area (Å²) < 4.78 is 0. The topological polar surface area (TPSA) is 41.5 Å². The zero-order valence-electron chi connectivity index (χ0n) is 10.2. The van der Waals surface area contributed by atoms with Crippen LogP contribution in [0.15, 0.2) is 23.3 Å². The molecule has 2 rings (SSSR count). The lowest BCUT2D eigenvalue weighted by molar-refractivity contribution is -0.118. The summed E-state index contributed by atoms with van der Waals surface area (Å²) in [6.07, 6.45) is 0.890. The summed E-state index contributed by atoms with van der Waals surface area (Å²) in [6.45, 7) is 5.68. The number of hydrazone groups is 1. The molecule has 0 unspecified atom stereocenters. The van der Waals surface area contributed by atoms with Gasteiger partial charge in [0.05, 0.1) is 5.71 Å². The standard InChI is InChI=1S/C13H15ClN2O/c1-8(17)15-16-12-11-5-4-10(14)6-9(11)7-13(12,2)3/h4-6H,7H2,1-3H3,(H,15,17)/b16-12-. The molecule has 0 aliphatic heterocycles. The first kappa shape index (κ1) is 12.1. The van der Waals surface area contributed by atoms with E-state index in [2.05, 4.69) is 24.4 Å². The summed E-state index contributed by atoms with van der Waals surface area (Å²) in [4.78, 5) is 10.9. The van der Waals surface area contributed by atoms with Crippen LogP contribution >= 0.6 is 11.6 Å². The predicted octanol–water partition coefficient (Wildman–Crippen LogP) is 2.76. The molecule has 0 aromatic heterocycles. The van der Waals surface area contributed by atoms with Gasteiger partial charge in [0, 0.05) is 22.9 Å². The summed E-state index contributed by atoms with van der Waals surface area (Å²) in [5.74, 6) is -0.157. The van der Waals surface area contributed by atoms with Gasteiger partial charge < -0.3 is 0 Å². The quantitative estimate of drug-likeness (QED) is 0.765.